The van der Waals surface area contributed by atoms with Crippen molar-refractivity contribution >= 4 is 5.69 Å². The Morgan fingerprint density at radius 2 is 1.86 bits per heavy atom. The predicted molar refractivity (Wildman–Crippen MR) is 86.9 cm³/mol. The van der Waals surface area contributed by atoms with E-state index in [4.69, 9.17) is 9.47 Å². The normalized spacial score (nSPS) is 16.0. The van der Waals surface area contributed by atoms with Crippen molar-refractivity contribution in [2.75, 3.05) is 51.4 Å². The maximum absolute atomic E-state index is 5.59. The summed E-state index contributed by atoms with van der Waals surface area (Å²) >= 11 is 0. The van der Waals surface area contributed by atoms with E-state index in [1.165, 1.54) is 11.3 Å². The van der Waals surface area contributed by atoms with Crippen molar-refractivity contribution < 1.29 is 9.47 Å². The molecule has 1 saturated heterocycles. The summed E-state index contributed by atoms with van der Waals surface area (Å²) in [7, 11) is 2.14. The summed E-state index contributed by atoms with van der Waals surface area (Å²) in [6.07, 6.45) is 0.311. The first-order valence-electron chi connectivity index (χ1n) is 7.87. The Labute approximate surface area is 128 Å². The van der Waals surface area contributed by atoms with Crippen LogP contribution >= 0.6 is 0 Å². The van der Waals surface area contributed by atoms with Crippen molar-refractivity contribution in [3.05, 3.63) is 29.8 Å². The molecule has 4 heteroatoms. The molecule has 0 spiro atoms. The number of nitrogens with zero attached hydrogens (tertiary/aromatic N) is 2. The van der Waals surface area contributed by atoms with Gasteiger partial charge < -0.3 is 14.4 Å². The molecular weight excluding hydrogens is 264 g/mol. The Morgan fingerprint density at radius 3 is 2.48 bits per heavy atom. The van der Waals surface area contributed by atoms with Gasteiger partial charge in [0.2, 0.25) is 0 Å². The molecule has 1 aromatic rings. The van der Waals surface area contributed by atoms with Gasteiger partial charge in [-0.2, -0.15) is 0 Å². The third-order valence-corrected chi connectivity index (χ3v) is 3.69. The fraction of sp³-hybridized carbons (Fsp3) is 0.647. The molecule has 0 saturated carbocycles. The molecule has 0 unspecified atom stereocenters. The summed E-state index contributed by atoms with van der Waals surface area (Å²) in [4.78, 5) is 4.68. The van der Waals surface area contributed by atoms with Crippen molar-refractivity contribution in [2.24, 2.45) is 0 Å². The summed E-state index contributed by atoms with van der Waals surface area (Å²) in [6.45, 7) is 10.5. The topological polar surface area (TPSA) is 24.9 Å². The molecule has 4 nitrogen and oxygen atoms in total. The first-order chi connectivity index (χ1) is 10.1. The van der Waals surface area contributed by atoms with Crippen molar-refractivity contribution in [2.45, 2.75) is 26.5 Å². The lowest BCUT2D eigenvalue weighted by molar-refractivity contribution is 0.0627. The fourth-order valence-electron chi connectivity index (χ4n) is 2.47. The zero-order valence-electron chi connectivity index (χ0n) is 13.5. The molecular formula is C17H28N2O2. The standard InChI is InChI=1S/C17H28N2O2/c1-15(2)21-13-8-18(3)14-16-4-6-17(7-5-16)19-9-11-20-12-10-19/h4-7,15H,8-14H2,1-3H3. The highest BCUT2D eigenvalue weighted by Gasteiger charge is 2.11. The van der Waals surface area contributed by atoms with E-state index < -0.39 is 0 Å². The molecule has 1 heterocycles. The molecule has 0 aromatic heterocycles. The first kappa shape index (κ1) is 16.3. The average molecular weight is 292 g/mol. The molecule has 21 heavy (non-hydrogen) atoms. The molecule has 0 amide bonds. The van der Waals surface area contributed by atoms with Gasteiger partial charge in [0.1, 0.15) is 0 Å². The van der Waals surface area contributed by atoms with Gasteiger partial charge in [-0.05, 0) is 38.6 Å². The van der Waals surface area contributed by atoms with E-state index in [-0.39, 0.29) is 0 Å². The van der Waals surface area contributed by atoms with Crippen molar-refractivity contribution in [1.29, 1.82) is 0 Å². The first-order valence-corrected chi connectivity index (χ1v) is 7.87. The second-order valence-electron chi connectivity index (χ2n) is 5.92. The fourth-order valence-corrected chi connectivity index (χ4v) is 2.47. The van der Waals surface area contributed by atoms with Crippen LogP contribution < -0.4 is 4.90 Å². The van der Waals surface area contributed by atoms with Gasteiger partial charge in [-0.3, -0.25) is 4.90 Å². The molecule has 1 aliphatic heterocycles. The van der Waals surface area contributed by atoms with Gasteiger partial charge >= 0.3 is 0 Å². The van der Waals surface area contributed by atoms with Gasteiger partial charge in [-0.25, -0.2) is 0 Å². The van der Waals surface area contributed by atoms with Crippen molar-refractivity contribution in [3.63, 3.8) is 0 Å². The molecule has 0 bridgehead atoms. The Bertz CT molecular complexity index is 400. The molecule has 1 aromatic carbocycles. The zero-order valence-corrected chi connectivity index (χ0v) is 13.5. The maximum atomic E-state index is 5.59. The molecule has 0 radical (unpaired) electrons. The highest BCUT2D eigenvalue weighted by molar-refractivity contribution is 5.47. The van der Waals surface area contributed by atoms with Crippen LogP contribution in [0.1, 0.15) is 19.4 Å². The lowest BCUT2D eigenvalue weighted by Crippen LogP contribution is -2.36. The third kappa shape index (κ3) is 5.65. The minimum atomic E-state index is 0.311. The van der Waals surface area contributed by atoms with E-state index in [0.29, 0.717) is 6.10 Å². The van der Waals surface area contributed by atoms with Crippen LogP contribution in [0.25, 0.3) is 0 Å². The molecule has 0 aliphatic carbocycles. The number of benzene rings is 1. The van der Waals surface area contributed by atoms with Crippen LogP contribution in [0.3, 0.4) is 0 Å². The number of hydrogen-bond acceptors (Lipinski definition) is 4. The van der Waals surface area contributed by atoms with Crippen LogP contribution in [-0.2, 0) is 16.0 Å². The minimum absolute atomic E-state index is 0.311. The Kier molecular flexibility index (Phi) is 6.49. The molecule has 0 atom stereocenters. The Morgan fingerprint density at radius 1 is 1.19 bits per heavy atom. The molecule has 1 fully saturated rings. The van der Waals surface area contributed by atoms with Crippen LogP contribution in [-0.4, -0.2) is 57.5 Å². The Balaban J connectivity index is 1.78. The van der Waals surface area contributed by atoms with E-state index >= 15 is 0 Å². The van der Waals surface area contributed by atoms with E-state index in [2.05, 4.69) is 55.0 Å². The quantitative estimate of drug-likeness (QED) is 0.770. The number of ether oxygens (including phenoxy) is 2. The SMILES string of the molecule is CC(C)OCCN(C)Cc1ccc(N2CCOCC2)cc1. The molecule has 2 rings (SSSR count). The summed E-state index contributed by atoms with van der Waals surface area (Å²) in [6, 6.07) is 8.90. The predicted octanol–water partition coefficient (Wildman–Crippen LogP) is 2.38. The van der Waals surface area contributed by atoms with E-state index in [9.17, 15) is 0 Å². The average Bonchev–Trinajstić information content (AvgIpc) is 2.48. The van der Waals surface area contributed by atoms with E-state index in [1.807, 2.05) is 0 Å². The van der Waals surface area contributed by atoms with Crippen LogP contribution in [0.4, 0.5) is 5.69 Å². The van der Waals surface area contributed by atoms with E-state index in [1.54, 1.807) is 0 Å². The lowest BCUT2D eigenvalue weighted by atomic mass is 10.2. The number of rotatable bonds is 7. The van der Waals surface area contributed by atoms with Gasteiger partial charge in [0.05, 0.1) is 25.9 Å². The van der Waals surface area contributed by atoms with Gasteiger partial charge in [0.15, 0.2) is 0 Å². The van der Waals surface area contributed by atoms with E-state index in [0.717, 1.165) is 46.0 Å². The summed E-state index contributed by atoms with van der Waals surface area (Å²) in [5.74, 6) is 0. The number of anilines is 1. The second kappa shape index (κ2) is 8.37. The van der Waals surface area contributed by atoms with Crippen LogP contribution in [0.2, 0.25) is 0 Å². The minimum Gasteiger partial charge on any atom is -0.378 e. The maximum Gasteiger partial charge on any atom is 0.0642 e. The van der Waals surface area contributed by atoms with Crippen LogP contribution in [0.15, 0.2) is 24.3 Å². The largest absolute Gasteiger partial charge is 0.378 e. The van der Waals surface area contributed by atoms with Gasteiger partial charge in [0, 0.05) is 31.9 Å². The van der Waals surface area contributed by atoms with Crippen LogP contribution in [0, 0.1) is 0 Å². The highest BCUT2D eigenvalue weighted by atomic mass is 16.5. The number of morpholine rings is 1. The van der Waals surface area contributed by atoms with Gasteiger partial charge in [-0.15, -0.1) is 0 Å². The molecule has 1 aliphatic rings. The van der Waals surface area contributed by atoms with Gasteiger partial charge in [0.25, 0.3) is 0 Å². The summed E-state index contributed by atoms with van der Waals surface area (Å²) in [5.41, 5.74) is 2.65. The van der Waals surface area contributed by atoms with Crippen molar-refractivity contribution in [1.82, 2.24) is 4.90 Å². The van der Waals surface area contributed by atoms with Gasteiger partial charge in [-0.1, -0.05) is 12.1 Å². The molecule has 0 N–H and O–H groups in total. The van der Waals surface area contributed by atoms with Crippen molar-refractivity contribution in [3.8, 4) is 0 Å². The molecule has 118 valence electrons. The second-order valence-corrected chi connectivity index (χ2v) is 5.92. The zero-order chi connectivity index (χ0) is 15.1. The smallest absolute Gasteiger partial charge is 0.0642 e. The highest BCUT2D eigenvalue weighted by Crippen LogP contribution is 2.17. The Hall–Kier alpha value is -1.10. The van der Waals surface area contributed by atoms with Crippen LogP contribution in [0.5, 0.6) is 0 Å². The lowest BCUT2D eigenvalue weighted by Gasteiger charge is -2.29. The number of likely N-dealkylation sites (N-methyl/N-ethyl adjacent to an activating group) is 1. The monoisotopic (exact) mass is 292 g/mol. The summed E-state index contributed by atoms with van der Waals surface area (Å²) in [5, 5.41) is 0. The number of hydrogen-bond donors (Lipinski definition) is 0. The third-order valence-electron chi connectivity index (χ3n) is 3.69. The summed E-state index contributed by atoms with van der Waals surface area (Å²) < 4.78 is 11.0.